The van der Waals surface area contributed by atoms with Crippen LogP contribution in [0.2, 0.25) is 0 Å². The number of anilines is 1. The third-order valence-corrected chi connectivity index (χ3v) is 5.80. The van der Waals surface area contributed by atoms with Crippen molar-refractivity contribution in [2.45, 2.75) is 33.9 Å². The van der Waals surface area contributed by atoms with E-state index >= 15 is 0 Å². The molecular weight excluding hydrogens is 396 g/mol. The number of carbonyl (C=O) groups is 1. The number of benzene rings is 2. The number of aromatic nitrogens is 3. The van der Waals surface area contributed by atoms with Crippen LogP contribution in [0.25, 0.3) is 10.2 Å². The zero-order chi connectivity index (χ0) is 21.1. The Morgan fingerprint density at radius 2 is 1.93 bits per heavy atom. The third kappa shape index (κ3) is 4.36. The molecule has 2 heterocycles. The smallest absolute Gasteiger partial charge is 0.250 e. The van der Waals surface area contributed by atoms with Gasteiger partial charge in [-0.3, -0.25) is 14.4 Å². The maximum Gasteiger partial charge on any atom is 0.250 e. The summed E-state index contributed by atoms with van der Waals surface area (Å²) in [6.07, 6.45) is 0. The molecule has 0 radical (unpaired) electrons. The number of ether oxygens (including phenoxy) is 1. The van der Waals surface area contributed by atoms with Crippen molar-refractivity contribution in [3.8, 4) is 5.75 Å². The van der Waals surface area contributed by atoms with Crippen molar-refractivity contribution in [3.63, 3.8) is 0 Å². The summed E-state index contributed by atoms with van der Waals surface area (Å²) in [4.78, 5) is 19.8. The van der Waals surface area contributed by atoms with Crippen molar-refractivity contribution >= 4 is 32.6 Å². The van der Waals surface area contributed by atoms with Gasteiger partial charge in [-0.2, -0.15) is 5.10 Å². The molecule has 1 amide bonds. The number of hydrogen-bond donors (Lipinski definition) is 0. The minimum Gasteiger partial charge on any atom is -0.494 e. The van der Waals surface area contributed by atoms with E-state index in [-0.39, 0.29) is 12.5 Å². The largest absolute Gasteiger partial charge is 0.494 e. The maximum atomic E-state index is 13.3. The van der Waals surface area contributed by atoms with Crippen LogP contribution in [0, 0.1) is 13.8 Å². The van der Waals surface area contributed by atoms with Crippen LogP contribution in [-0.2, 0) is 17.9 Å². The van der Waals surface area contributed by atoms with E-state index < -0.39 is 0 Å². The van der Waals surface area contributed by atoms with Crippen LogP contribution < -0.4 is 9.64 Å². The van der Waals surface area contributed by atoms with Crippen LogP contribution in [0.1, 0.15) is 23.9 Å². The molecule has 2 aromatic heterocycles. The first-order valence-corrected chi connectivity index (χ1v) is 10.7. The van der Waals surface area contributed by atoms with Crippen LogP contribution in [-0.4, -0.2) is 27.3 Å². The highest BCUT2D eigenvalue weighted by atomic mass is 32.1. The standard InChI is InChI=1S/C23H24N4O2S/c1-4-29-19-10-11-20-21(13-19)30-23(24-20)26(14-18-8-6-5-7-9-18)22(28)15-27-17(3)12-16(2)25-27/h5-13H,4,14-15H2,1-3H3. The minimum atomic E-state index is -0.0471. The van der Waals surface area contributed by atoms with Gasteiger partial charge in [0.15, 0.2) is 5.13 Å². The lowest BCUT2D eigenvalue weighted by atomic mass is 10.2. The molecule has 0 aliphatic rings. The van der Waals surface area contributed by atoms with Crippen molar-refractivity contribution in [2.24, 2.45) is 0 Å². The van der Waals surface area contributed by atoms with Gasteiger partial charge in [-0.1, -0.05) is 41.7 Å². The zero-order valence-electron chi connectivity index (χ0n) is 17.3. The first-order chi connectivity index (χ1) is 14.5. The second-order valence-electron chi connectivity index (χ2n) is 7.11. The minimum absolute atomic E-state index is 0.0471. The number of amides is 1. The molecule has 0 atom stereocenters. The summed E-state index contributed by atoms with van der Waals surface area (Å²) in [5.41, 5.74) is 3.77. The molecule has 0 saturated carbocycles. The van der Waals surface area contributed by atoms with Crippen LogP contribution in [0.3, 0.4) is 0 Å². The summed E-state index contributed by atoms with van der Waals surface area (Å²) in [7, 11) is 0. The molecule has 2 aromatic carbocycles. The van der Waals surface area contributed by atoms with Gasteiger partial charge in [0, 0.05) is 5.69 Å². The average molecular weight is 421 g/mol. The molecule has 30 heavy (non-hydrogen) atoms. The summed E-state index contributed by atoms with van der Waals surface area (Å²) >= 11 is 1.50. The van der Waals surface area contributed by atoms with Crippen molar-refractivity contribution < 1.29 is 9.53 Å². The lowest BCUT2D eigenvalue weighted by Crippen LogP contribution is -2.34. The molecule has 0 bridgehead atoms. The first-order valence-electron chi connectivity index (χ1n) is 9.92. The van der Waals surface area contributed by atoms with Crippen molar-refractivity contribution in [2.75, 3.05) is 11.5 Å². The van der Waals surface area contributed by atoms with E-state index in [0.29, 0.717) is 18.3 Å². The maximum absolute atomic E-state index is 13.3. The lowest BCUT2D eigenvalue weighted by molar-refractivity contribution is -0.119. The van der Waals surface area contributed by atoms with E-state index in [1.165, 1.54) is 11.3 Å². The van der Waals surface area contributed by atoms with Gasteiger partial charge >= 0.3 is 0 Å². The molecule has 0 N–H and O–H groups in total. The van der Waals surface area contributed by atoms with Gasteiger partial charge in [-0.15, -0.1) is 0 Å². The highest BCUT2D eigenvalue weighted by molar-refractivity contribution is 7.22. The van der Waals surface area contributed by atoms with Crippen LogP contribution in [0.4, 0.5) is 5.13 Å². The zero-order valence-corrected chi connectivity index (χ0v) is 18.1. The fraction of sp³-hybridized carbons (Fsp3) is 0.261. The van der Waals surface area contributed by atoms with Crippen molar-refractivity contribution in [1.82, 2.24) is 14.8 Å². The summed E-state index contributed by atoms with van der Waals surface area (Å²) in [5.74, 6) is 0.762. The Balaban J connectivity index is 1.68. The molecule has 0 aliphatic carbocycles. The van der Waals surface area contributed by atoms with Gasteiger partial charge in [0.25, 0.3) is 5.91 Å². The molecule has 0 fully saturated rings. The third-order valence-electron chi connectivity index (χ3n) is 4.76. The predicted octanol–water partition coefficient (Wildman–Crippen LogP) is 4.74. The van der Waals surface area contributed by atoms with Gasteiger partial charge in [0.05, 0.1) is 29.1 Å². The predicted molar refractivity (Wildman–Crippen MR) is 120 cm³/mol. The summed E-state index contributed by atoms with van der Waals surface area (Å²) in [6, 6.07) is 17.8. The van der Waals surface area contributed by atoms with E-state index in [2.05, 4.69) is 5.10 Å². The Morgan fingerprint density at radius 1 is 1.13 bits per heavy atom. The number of rotatable bonds is 7. The van der Waals surface area contributed by atoms with E-state index in [4.69, 9.17) is 9.72 Å². The summed E-state index contributed by atoms with van der Waals surface area (Å²) in [6.45, 7) is 7.09. The Kier molecular flexibility index (Phi) is 5.81. The molecule has 0 unspecified atom stereocenters. The summed E-state index contributed by atoms with van der Waals surface area (Å²) < 4.78 is 8.35. The highest BCUT2D eigenvalue weighted by Gasteiger charge is 2.22. The number of carbonyl (C=O) groups excluding carboxylic acids is 1. The number of fused-ring (bicyclic) bond motifs is 1. The number of thiazole rings is 1. The van der Waals surface area contributed by atoms with Gasteiger partial charge in [0.1, 0.15) is 12.3 Å². The Morgan fingerprint density at radius 3 is 2.63 bits per heavy atom. The molecule has 7 heteroatoms. The number of hydrogen-bond acceptors (Lipinski definition) is 5. The van der Waals surface area contributed by atoms with Gasteiger partial charge < -0.3 is 4.74 Å². The second kappa shape index (κ2) is 8.67. The van der Waals surface area contributed by atoms with Crippen molar-refractivity contribution in [3.05, 3.63) is 71.5 Å². The monoisotopic (exact) mass is 420 g/mol. The van der Waals surface area contributed by atoms with Crippen LogP contribution in [0.15, 0.2) is 54.6 Å². The van der Waals surface area contributed by atoms with E-state index in [1.807, 2.05) is 75.4 Å². The Bertz CT molecular complexity index is 1170. The van der Waals surface area contributed by atoms with Crippen LogP contribution in [0.5, 0.6) is 5.75 Å². The normalized spacial score (nSPS) is 11.0. The number of aryl methyl sites for hydroxylation is 2. The lowest BCUT2D eigenvalue weighted by Gasteiger charge is -2.20. The molecule has 154 valence electrons. The van der Waals surface area contributed by atoms with Gasteiger partial charge in [0.2, 0.25) is 0 Å². The van der Waals surface area contributed by atoms with Crippen molar-refractivity contribution in [1.29, 1.82) is 0 Å². The van der Waals surface area contributed by atoms with Gasteiger partial charge in [-0.05, 0) is 50.6 Å². The van der Waals surface area contributed by atoms with E-state index in [9.17, 15) is 4.79 Å². The quantitative estimate of drug-likeness (QED) is 0.433. The van der Waals surface area contributed by atoms with Crippen LogP contribution >= 0.6 is 11.3 Å². The SMILES string of the molecule is CCOc1ccc2nc(N(Cc3ccccc3)C(=O)Cn3nc(C)cc3C)sc2c1. The molecular formula is C23H24N4O2S. The van der Waals surface area contributed by atoms with Gasteiger partial charge in [-0.25, -0.2) is 4.98 Å². The summed E-state index contributed by atoms with van der Waals surface area (Å²) in [5, 5.41) is 5.12. The number of nitrogens with zero attached hydrogens (tertiary/aromatic N) is 4. The fourth-order valence-electron chi connectivity index (χ4n) is 3.34. The molecule has 0 saturated heterocycles. The molecule has 6 nitrogen and oxygen atoms in total. The Labute approximate surface area is 179 Å². The molecule has 4 aromatic rings. The topological polar surface area (TPSA) is 60.2 Å². The average Bonchev–Trinajstić information content (AvgIpc) is 3.29. The molecule has 0 spiro atoms. The fourth-order valence-corrected chi connectivity index (χ4v) is 4.35. The first kappa shape index (κ1) is 20.1. The van der Waals surface area contributed by atoms with E-state index in [0.717, 1.165) is 32.9 Å². The molecule has 4 rings (SSSR count). The highest BCUT2D eigenvalue weighted by Crippen LogP contribution is 2.32. The Hall–Kier alpha value is -3.19. The second-order valence-corrected chi connectivity index (χ2v) is 8.12. The molecule has 0 aliphatic heterocycles. The van der Waals surface area contributed by atoms with E-state index in [1.54, 1.807) is 9.58 Å².